The molecule has 0 aliphatic carbocycles. The molecule has 0 aliphatic heterocycles. The Bertz CT molecular complexity index is 1240. The lowest BCUT2D eigenvalue weighted by Crippen LogP contribution is -2.50. The van der Waals surface area contributed by atoms with Gasteiger partial charge in [0, 0.05) is 42.7 Å². The van der Waals surface area contributed by atoms with E-state index < -0.39 is 36.1 Å². The lowest BCUT2D eigenvalue weighted by Gasteiger charge is -2.36. The van der Waals surface area contributed by atoms with Crippen LogP contribution in [-0.2, 0) is 19.2 Å². The van der Waals surface area contributed by atoms with Crippen molar-refractivity contribution in [2.24, 2.45) is 5.92 Å². The molecule has 1 amide bonds. The van der Waals surface area contributed by atoms with E-state index in [4.69, 9.17) is 9.16 Å². The fourth-order valence-corrected chi connectivity index (χ4v) is 6.35. The Labute approximate surface area is 235 Å². The number of benzene rings is 1. The molecule has 0 fully saturated rings. The van der Waals surface area contributed by atoms with Gasteiger partial charge in [0.15, 0.2) is 8.32 Å². The number of carbonyl (C=O) groups excluding carboxylic acids is 1. The molecular weight excluding hydrogens is 534 g/mol. The van der Waals surface area contributed by atoms with E-state index >= 15 is 0 Å². The van der Waals surface area contributed by atoms with Crippen LogP contribution in [0.1, 0.15) is 61.8 Å². The Morgan fingerprint density at radius 1 is 1.10 bits per heavy atom. The zero-order chi connectivity index (χ0) is 29.8. The first kappa shape index (κ1) is 33.0. The van der Waals surface area contributed by atoms with Crippen molar-refractivity contribution in [2.45, 2.75) is 96.5 Å². The minimum absolute atomic E-state index is 0.0370. The number of nitrogens with zero attached hydrogens (tertiary/aromatic N) is 2. The monoisotopic (exact) mass is 581 g/mol. The van der Waals surface area contributed by atoms with E-state index in [1.165, 1.54) is 12.3 Å². The summed E-state index contributed by atoms with van der Waals surface area (Å²) < 4.78 is 41.9. The molecule has 0 aliphatic rings. The SMILES string of the molecule is CC(C)[C@H](CN(CCCO[Si](C)(C)C(C)(C)C)C(=O)OC(C)(C)C)NS(=O)(=O)c1cccc2c(O)nccc12. The number of pyridine rings is 1. The highest BCUT2D eigenvalue weighted by Gasteiger charge is 2.37. The van der Waals surface area contributed by atoms with Crippen molar-refractivity contribution in [3.05, 3.63) is 30.5 Å². The van der Waals surface area contributed by atoms with Gasteiger partial charge in [-0.15, -0.1) is 0 Å². The molecule has 0 saturated heterocycles. The van der Waals surface area contributed by atoms with Crippen LogP contribution in [0.5, 0.6) is 5.88 Å². The molecule has 9 nitrogen and oxygen atoms in total. The summed E-state index contributed by atoms with van der Waals surface area (Å²) in [4.78, 5) is 18.6. The second-order valence-corrected chi connectivity index (χ2v) is 19.3. The molecular formula is C28H47N3O6SSi. The summed E-state index contributed by atoms with van der Waals surface area (Å²) in [5.74, 6) is -0.362. The molecule has 39 heavy (non-hydrogen) atoms. The molecule has 2 aromatic rings. The Balaban J connectivity index is 2.27. The summed E-state index contributed by atoms with van der Waals surface area (Å²) >= 11 is 0. The van der Waals surface area contributed by atoms with Gasteiger partial charge in [-0.1, -0.05) is 40.7 Å². The van der Waals surface area contributed by atoms with Gasteiger partial charge in [-0.05, 0) is 69.4 Å². The topological polar surface area (TPSA) is 118 Å². The Hall–Kier alpha value is -2.21. The number of carbonyl (C=O) groups is 1. The molecule has 0 saturated carbocycles. The van der Waals surface area contributed by atoms with Crippen LogP contribution < -0.4 is 4.72 Å². The first-order valence-corrected chi connectivity index (χ1v) is 17.9. The molecule has 2 rings (SSSR count). The Kier molecular flexibility index (Phi) is 10.6. The van der Waals surface area contributed by atoms with Gasteiger partial charge in [-0.25, -0.2) is 22.9 Å². The molecule has 1 aromatic carbocycles. The maximum atomic E-state index is 13.6. The Morgan fingerprint density at radius 3 is 2.31 bits per heavy atom. The standard InChI is InChI=1S/C28H47N3O6SSi/c1-20(2)23(30-38(34,35)24-14-11-13-22-21(24)15-16-29-25(22)32)19-31(26(33)37-27(3,4)5)17-12-18-36-39(9,10)28(6,7)8/h11,13-16,20,23,30H,12,17-19H2,1-10H3,(H,29,32)/t23-/m0/s1. The molecule has 1 aromatic heterocycles. The average molecular weight is 582 g/mol. The number of amides is 1. The van der Waals surface area contributed by atoms with E-state index in [0.717, 1.165) is 0 Å². The fourth-order valence-electron chi connectivity index (χ4n) is 3.66. The molecule has 11 heteroatoms. The number of sulfonamides is 1. The molecule has 2 N–H and O–H groups in total. The quantitative estimate of drug-likeness (QED) is 0.251. The van der Waals surface area contributed by atoms with Crippen LogP contribution in [-0.4, -0.2) is 69.2 Å². The van der Waals surface area contributed by atoms with Crippen molar-refractivity contribution in [1.82, 2.24) is 14.6 Å². The van der Waals surface area contributed by atoms with Crippen LogP contribution >= 0.6 is 0 Å². The maximum Gasteiger partial charge on any atom is 0.410 e. The number of aromatic nitrogens is 1. The van der Waals surface area contributed by atoms with Gasteiger partial charge in [0.1, 0.15) is 5.60 Å². The maximum absolute atomic E-state index is 13.6. The zero-order valence-electron chi connectivity index (χ0n) is 25.2. The summed E-state index contributed by atoms with van der Waals surface area (Å²) in [6.45, 7) is 21.1. The fraction of sp³-hybridized carbons (Fsp3) is 0.643. The first-order chi connectivity index (χ1) is 17.7. The van der Waals surface area contributed by atoms with Gasteiger partial charge < -0.3 is 19.2 Å². The van der Waals surface area contributed by atoms with E-state index in [9.17, 15) is 18.3 Å². The first-order valence-electron chi connectivity index (χ1n) is 13.5. The summed E-state index contributed by atoms with van der Waals surface area (Å²) in [7, 11) is -5.94. The minimum Gasteiger partial charge on any atom is -0.493 e. The van der Waals surface area contributed by atoms with Gasteiger partial charge >= 0.3 is 6.09 Å². The van der Waals surface area contributed by atoms with Crippen LogP contribution in [0.3, 0.4) is 0 Å². The number of fused-ring (bicyclic) bond motifs is 1. The van der Waals surface area contributed by atoms with Crippen LogP contribution in [0.2, 0.25) is 18.1 Å². The molecule has 0 bridgehead atoms. The van der Waals surface area contributed by atoms with Crippen molar-refractivity contribution >= 4 is 35.2 Å². The van der Waals surface area contributed by atoms with Crippen LogP contribution in [0.15, 0.2) is 35.4 Å². The van der Waals surface area contributed by atoms with Crippen LogP contribution in [0, 0.1) is 5.92 Å². The number of hydrogen-bond donors (Lipinski definition) is 2. The van der Waals surface area contributed by atoms with Crippen LogP contribution in [0.25, 0.3) is 10.8 Å². The van der Waals surface area contributed by atoms with E-state index in [0.29, 0.717) is 30.3 Å². The van der Waals surface area contributed by atoms with E-state index in [1.54, 1.807) is 43.9 Å². The third-order valence-electron chi connectivity index (χ3n) is 7.06. The number of aromatic hydroxyl groups is 1. The number of ether oxygens (including phenoxy) is 1. The summed E-state index contributed by atoms with van der Waals surface area (Å²) in [6.07, 6.45) is 1.46. The molecule has 1 heterocycles. The highest BCUT2D eigenvalue weighted by molar-refractivity contribution is 7.89. The summed E-state index contributed by atoms with van der Waals surface area (Å²) in [5, 5.41) is 10.9. The van der Waals surface area contributed by atoms with E-state index in [-0.39, 0.29) is 28.3 Å². The van der Waals surface area contributed by atoms with Crippen molar-refractivity contribution in [1.29, 1.82) is 0 Å². The predicted molar refractivity (Wildman–Crippen MR) is 158 cm³/mol. The number of nitrogens with one attached hydrogen (secondary N) is 1. The number of rotatable bonds is 11. The van der Waals surface area contributed by atoms with Crippen molar-refractivity contribution in [2.75, 3.05) is 19.7 Å². The van der Waals surface area contributed by atoms with Crippen molar-refractivity contribution in [3.63, 3.8) is 0 Å². The third-order valence-corrected chi connectivity index (χ3v) is 13.1. The molecule has 0 radical (unpaired) electrons. The van der Waals surface area contributed by atoms with Crippen molar-refractivity contribution in [3.8, 4) is 5.88 Å². The second kappa shape index (κ2) is 12.5. The molecule has 220 valence electrons. The van der Waals surface area contributed by atoms with Gasteiger partial charge in [0.2, 0.25) is 15.9 Å². The molecule has 0 spiro atoms. The van der Waals surface area contributed by atoms with Gasteiger partial charge in [-0.3, -0.25) is 0 Å². The highest BCUT2D eigenvalue weighted by Crippen LogP contribution is 2.36. The Morgan fingerprint density at radius 2 is 1.74 bits per heavy atom. The van der Waals surface area contributed by atoms with E-state index in [1.807, 2.05) is 13.8 Å². The smallest absolute Gasteiger partial charge is 0.410 e. The summed E-state index contributed by atoms with van der Waals surface area (Å²) in [5.41, 5.74) is -0.696. The molecule has 1 atom stereocenters. The lowest BCUT2D eigenvalue weighted by atomic mass is 10.1. The van der Waals surface area contributed by atoms with Gasteiger partial charge in [0.05, 0.1) is 4.90 Å². The van der Waals surface area contributed by atoms with Crippen molar-refractivity contribution < 1.29 is 27.5 Å². The van der Waals surface area contributed by atoms with Crippen LogP contribution in [0.4, 0.5) is 4.79 Å². The third kappa shape index (κ3) is 9.16. The number of hydrogen-bond acceptors (Lipinski definition) is 7. The average Bonchev–Trinajstić information content (AvgIpc) is 2.78. The molecule has 0 unspecified atom stereocenters. The summed E-state index contributed by atoms with van der Waals surface area (Å²) in [6, 6.07) is 5.65. The normalized spacial score (nSPS) is 14.0. The van der Waals surface area contributed by atoms with E-state index in [2.05, 4.69) is 43.6 Å². The van der Waals surface area contributed by atoms with Gasteiger partial charge in [0.25, 0.3) is 0 Å². The highest BCUT2D eigenvalue weighted by atomic mass is 32.2. The second-order valence-electron chi connectivity index (χ2n) is 12.8. The van der Waals surface area contributed by atoms with Gasteiger partial charge in [-0.2, -0.15) is 0 Å². The lowest BCUT2D eigenvalue weighted by molar-refractivity contribution is 0.0218. The zero-order valence-corrected chi connectivity index (χ0v) is 27.0. The minimum atomic E-state index is -4.00. The largest absolute Gasteiger partial charge is 0.493 e. The predicted octanol–water partition coefficient (Wildman–Crippen LogP) is 5.89.